The normalized spacial score (nSPS) is 13.4. The van der Waals surface area contributed by atoms with Crippen molar-refractivity contribution in [2.24, 2.45) is 0 Å². The molecule has 0 aliphatic rings. The lowest BCUT2D eigenvalue weighted by atomic mass is 10.1. The molecule has 0 saturated heterocycles. The van der Waals surface area contributed by atoms with Crippen molar-refractivity contribution >= 4 is 16.5 Å². The van der Waals surface area contributed by atoms with E-state index in [1.54, 1.807) is 0 Å². The molecule has 3 aromatic rings. The molecule has 4 nitrogen and oxygen atoms in total. The van der Waals surface area contributed by atoms with Crippen LogP contribution in [-0.2, 0) is 0 Å². The minimum Gasteiger partial charge on any atom is -0.379 e. The van der Waals surface area contributed by atoms with Crippen molar-refractivity contribution in [3.8, 4) is 22.5 Å². The zero-order chi connectivity index (χ0) is 27.0. The Morgan fingerprint density at radius 1 is 0.500 bits per heavy atom. The lowest BCUT2D eigenvalue weighted by molar-refractivity contribution is 0.765. The minimum atomic E-state index is -1.80. The van der Waals surface area contributed by atoms with Gasteiger partial charge in [0.25, 0.3) is 0 Å². The van der Waals surface area contributed by atoms with E-state index >= 15 is 0 Å². The molecule has 0 saturated carbocycles. The quantitative estimate of drug-likeness (QED) is 0.248. The predicted octanol–water partition coefficient (Wildman–Crippen LogP) is 9.46. The zero-order valence-electron chi connectivity index (χ0n) is 24.9. The molecule has 0 radical (unpaired) electrons. The fourth-order valence-electron chi connectivity index (χ4n) is 8.10. The van der Waals surface area contributed by atoms with E-state index in [9.17, 15) is 0 Å². The zero-order valence-corrected chi connectivity index (χ0v) is 26.9. The van der Waals surface area contributed by atoms with E-state index in [4.69, 9.17) is 9.97 Å². The molecule has 0 unspecified atom stereocenters. The third-order valence-corrected chi connectivity index (χ3v) is 22.5. The molecular formula is C30H50N4Si2. The first-order chi connectivity index (χ1) is 16.8. The van der Waals surface area contributed by atoms with E-state index in [1.165, 1.54) is 11.1 Å². The number of hydrogen-bond acceptors (Lipinski definition) is 2. The summed E-state index contributed by atoms with van der Waals surface area (Å²) in [5, 5.41) is 0. The summed E-state index contributed by atoms with van der Waals surface area (Å²) >= 11 is 0. The summed E-state index contributed by atoms with van der Waals surface area (Å²) in [5.41, 5.74) is 8.20. The highest BCUT2D eigenvalue weighted by Crippen LogP contribution is 2.45. The number of aromatic nitrogens is 4. The fourth-order valence-corrected chi connectivity index (χ4v) is 21.1. The average Bonchev–Trinajstić information content (AvgIpc) is 3.44. The first-order valence-corrected chi connectivity index (χ1v) is 18.4. The maximum atomic E-state index is 4.87. The van der Waals surface area contributed by atoms with Gasteiger partial charge in [0.2, 0.25) is 0 Å². The third-order valence-electron chi connectivity index (χ3n) is 9.07. The predicted molar refractivity (Wildman–Crippen MR) is 162 cm³/mol. The molecule has 0 aromatic carbocycles. The lowest BCUT2D eigenvalue weighted by Crippen LogP contribution is -2.51. The van der Waals surface area contributed by atoms with Crippen LogP contribution in [0, 0.1) is 0 Å². The van der Waals surface area contributed by atoms with Crippen LogP contribution in [0.4, 0.5) is 0 Å². The molecular weight excluding hydrogens is 473 g/mol. The fraction of sp³-hybridized carbons (Fsp3) is 0.600. The molecule has 0 N–H and O–H groups in total. The van der Waals surface area contributed by atoms with Crippen molar-refractivity contribution in [1.82, 2.24) is 18.4 Å². The Kier molecular flexibility index (Phi) is 8.61. The second kappa shape index (κ2) is 10.8. The second-order valence-corrected chi connectivity index (χ2v) is 24.1. The highest BCUT2D eigenvalue weighted by atomic mass is 28.3. The Morgan fingerprint density at radius 3 is 1.03 bits per heavy atom. The molecule has 3 heterocycles. The Hall–Kier alpha value is -1.93. The van der Waals surface area contributed by atoms with Gasteiger partial charge in [-0.1, -0.05) is 83.1 Å². The van der Waals surface area contributed by atoms with Crippen molar-refractivity contribution < 1.29 is 0 Å². The van der Waals surface area contributed by atoms with Gasteiger partial charge in [0.15, 0.2) is 16.5 Å². The Balaban J connectivity index is 2.13. The monoisotopic (exact) mass is 522 g/mol. The molecule has 3 aromatic heterocycles. The summed E-state index contributed by atoms with van der Waals surface area (Å²) in [4.78, 5) is 9.75. The third kappa shape index (κ3) is 4.49. The van der Waals surface area contributed by atoms with Crippen LogP contribution >= 0.6 is 0 Å². The summed E-state index contributed by atoms with van der Waals surface area (Å²) in [5.74, 6) is 0. The molecule has 0 spiro atoms. The van der Waals surface area contributed by atoms with Gasteiger partial charge in [-0.2, -0.15) is 0 Å². The van der Waals surface area contributed by atoms with Gasteiger partial charge in [0.05, 0.1) is 11.4 Å². The lowest BCUT2D eigenvalue weighted by Gasteiger charge is -2.44. The van der Waals surface area contributed by atoms with Crippen molar-refractivity contribution in [1.29, 1.82) is 0 Å². The van der Waals surface area contributed by atoms with E-state index in [0.717, 1.165) is 11.4 Å². The molecule has 3 rings (SSSR count). The first kappa shape index (κ1) is 28.6. The van der Waals surface area contributed by atoms with Crippen molar-refractivity contribution in [2.45, 2.75) is 116 Å². The van der Waals surface area contributed by atoms with Crippen molar-refractivity contribution in [3.05, 3.63) is 49.3 Å². The van der Waals surface area contributed by atoms with Crippen LogP contribution in [0.1, 0.15) is 83.1 Å². The van der Waals surface area contributed by atoms with Gasteiger partial charge in [0.1, 0.15) is 0 Å². The van der Waals surface area contributed by atoms with Gasteiger partial charge in [-0.25, -0.2) is 0 Å². The highest BCUT2D eigenvalue weighted by Gasteiger charge is 2.46. The van der Waals surface area contributed by atoms with Crippen molar-refractivity contribution in [2.75, 3.05) is 0 Å². The Morgan fingerprint density at radius 2 is 0.778 bits per heavy atom. The highest BCUT2D eigenvalue weighted by molar-refractivity contribution is 6.82. The van der Waals surface area contributed by atoms with E-state index in [2.05, 4.69) is 128 Å². The molecule has 0 fully saturated rings. The van der Waals surface area contributed by atoms with Gasteiger partial charge in [-0.15, -0.1) is 0 Å². The largest absolute Gasteiger partial charge is 0.379 e. The molecule has 6 heteroatoms. The van der Waals surface area contributed by atoms with E-state index < -0.39 is 16.5 Å². The molecule has 36 heavy (non-hydrogen) atoms. The minimum absolute atomic E-state index is 0.647. The first-order valence-electron chi connectivity index (χ1n) is 14.0. The van der Waals surface area contributed by atoms with Crippen LogP contribution < -0.4 is 0 Å². The average molecular weight is 523 g/mol. The number of rotatable bonds is 10. The molecule has 0 amide bonds. The van der Waals surface area contributed by atoms with Gasteiger partial charge < -0.3 is 8.47 Å². The summed E-state index contributed by atoms with van der Waals surface area (Å²) in [7, 11) is -3.60. The van der Waals surface area contributed by atoms with Crippen LogP contribution in [0.2, 0.25) is 33.2 Å². The van der Waals surface area contributed by atoms with Crippen molar-refractivity contribution in [3.63, 3.8) is 0 Å². The summed E-state index contributed by atoms with van der Waals surface area (Å²) in [6, 6.07) is 4.52. The number of nitrogens with zero attached hydrogens (tertiary/aromatic N) is 4. The second-order valence-electron chi connectivity index (χ2n) is 12.6. The molecule has 0 aliphatic carbocycles. The SMILES string of the molecule is CC(C)[Si](C(C)C)(C(C)C)n1ccc(-c2nccnc2-c2ccn([Si](C(C)C)(C(C)C)C(C)C)c2)c1. The van der Waals surface area contributed by atoms with Crippen LogP contribution in [-0.4, -0.2) is 34.9 Å². The van der Waals surface area contributed by atoms with Gasteiger partial charge in [-0.3, -0.25) is 9.97 Å². The Bertz CT molecular complexity index is 1000. The summed E-state index contributed by atoms with van der Waals surface area (Å²) in [6.07, 6.45) is 13.0. The summed E-state index contributed by atoms with van der Waals surface area (Å²) < 4.78 is 5.19. The van der Waals surface area contributed by atoms with Gasteiger partial charge in [0, 0.05) is 35.9 Å². The molecule has 0 atom stereocenters. The number of hydrogen-bond donors (Lipinski definition) is 0. The standard InChI is InChI=1S/C30H50N4Si2/c1-21(2)35(22(3)4,23(5)6)33-17-13-27(19-33)29-30(32-16-15-31-29)28-14-18-34(20-28)36(24(7)8,25(9)10)26(11)12/h13-26H,1-12H3. The maximum absolute atomic E-state index is 4.87. The van der Waals surface area contributed by atoms with Crippen LogP contribution in [0.15, 0.2) is 49.3 Å². The smallest absolute Gasteiger partial charge is 0.168 e. The van der Waals surface area contributed by atoms with E-state index in [-0.39, 0.29) is 0 Å². The van der Waals surface area contributed by atoms with E-state index in [1.807, 2.05) is 12.4 Å². The Labute approximate surface area is 222 Å². The molecule has 0 bridgehead atoms. The van der Waals surface area contributed by atoms with Crippen LogP contribution in [0.3, 0.4) is 0 Å². The molecule has 0 aliphatic heterocycles. The van der Waals surface area contributed by atoms with E-state index in [0.29, 0.717) is 33.2 Å². The maximum Gasteiger partial charge on any atom is 0.168 e. The molecule has 198 valence electrons. The van der Waals surface area contributed by atoms with Gasteiger partial charge in [-0.05, 0) is 57.8 Å². The van der Waals surface area contributed by atoms with Crippen LogP contribution in [0.25, 0.3) is 22.5 Å². The topological polar surface area (TPSA) is 35.6 Å². The van der Waals surface area contributed by atoms with Crippen LogP contribution in [0.5, 0.6) is 0 Å². The summed E-state index contributed by atoms with van der Waals surface area (Å²) in [6.45, 7) is 29.0. The van der Waals surface area contributed by atoms with Gasteiger partial charge >= 0.3 is 0 Å².